The van der Waals surface area contributed by atoms with Crippen LogP contribution in [0, 0.1) is 5.41 Å². The molecule has 20 heavy (non-hydrogen) atoms. The lowest BCUT2D eigenvalue weighted by Gasteiger charge is -2.41. The molecule has 1 fully saturated rings. The van der Waals surface area contributed by atoms with Crippen molar-refractivity contribution in [3.63, 3.8) is 0 Å². The first-order valence-corrected chi connectivity index (χ1v) is 8.96. The summed E-state index contributed by atoms with van der Waals surface area (Å²) in [7, 11) is -3.56. The van der Waals surface area contributed by atoms with Gasteiger partial charge in [-0.05, 0) is 46.0 Å². The lowest BCUT2D eigenvalue weighted by molar-refractivity contribution is 0.155. The maximum Gasteiger partial charge on any atom is 0.244 e. The Hall–Kier alpha value is -0.140. The van der Waals surface area contributed by atoms with Crippen LogP contribution in [0.5, 0.6) is 0 Å². The first-order valence-electron chi connectivity index (χ1n) is 6.35. The summed E-state index contributed by atoms with van der Waals surface area (Å²) >= 11 is 9.20. The van der Waals surface area contributed by atoms with Gasteiger partial charge in [-0.1, -0.05) is 25.4 Å². The van der Waals surface area contributed by atoms with Crippen molar-refractivity contribution in [3.8, 4) is 0 Å². The molecule has 0 spiro atoms. The third-order valence-electron chi connectivity index (χ3n) is 3.79. The zero-order chi connectivity index (χ0) is 15.1. The molecule has 1 aromatic carbocycles. The SMILES string of the molecule is CC1(C)CN(S(=O)(=O)c2cc(Cl)ccc2Br)CCC1N. The molecule has 112 valence electrons. The van der Waals surface area contributed by atoms with Crippen LogP contribution in [0.2, 0.25) is 5.02 Å². The molecule has 0 amide bonds. The summed E-state index contributed by atoms with van der Waals surface area (Å²) in [6, 6.07) is 4.79. The Kier molecular flexibility index (Phi) is 4.52. The Bertz CT molecular complexity index is 619. The van der Waals surface area contributed by atoms with Crippen LogP contribution in [0.15, 0.2) is 27.6 Å². The Morgan fingerprint density at radius 3 is 2.70 bits per heavy atom. The van der Waals surface area contributed by atoms with Gasteiger partial charge >= 0.3 is 0 Å². The van der Waals surface area contributed by atoms with E-state index in [9.17, 15) is 8.42 Å². The zero-order valence-corrected chi connectivity index (χ0v) is 14.6. The molecular formula is C13H18BrClN2O2S. The molecular weight excluding hydrogens is 364 g/mol. The molecule has 0 radical (unpaired) electrons. The van der Waals surface area contributed by atoms with Gasteiger partial charge in [-0.2, -0.15) is 4.31 Å². The van der Waals surface area contributed by atoms with E-state index in [0.29, 0.717) is 29.0 Å². The largest absolute Gasteiger partial charge is 0.327 e. The van der Waals surface area contributed by atoms with Crippen LogP contribution in [0.25, 0.3) is 0 Å². The van der Waals surface area contributed by atoms with E-state index in [2.05, 4.69) is 15.9 Å². The van der Waals surface area contributed by atoms with Crippen molar-refractivity contribution in [2.75, 3.05) is 13.1 Å². The van der Waals surface area contributed by atoms with Crippen LogP contribution in [-0.4, -0.2) is 31.9 Å². The van der Waals surface area contributed by atoms with E-state index in [0.717, 1.165) is 0 Å². The quantitative estimate of drug-likeness (QED) is 0.857. The van der Waals surface area contributed by atoms with E-state index in [1.54, 1.807) is 12.1 Å². The minimum Gasteiger partial charge on any atom is -0.327 e. The second kappa shape index (κ2) is 5.57. The Balaban J connectivity index is 2.38. The van der Waals surface area contributed by atoms with Gasteiger partial charge in [0.15, 0.2) is 0 Å². The molecule has 0 saturated carbocycles. The highest BCUT2D eigenvalue weighted by Gasteiger charge is 2.39. The van der Waals surface area contributed by atoms with E-state index in [4.69, 9.17) is 17.3 Å². The van der Waals surface area contributed by atoms with Crippen LogP contribution in [0.4, 0.5) is 0 Å². The highest BCUT2D eigenvalue weighted by atomic mass is 79.9. The van der Waals surface area contributed by atoms with Crippen molar-refractivity contribution >= 4 is 37.6 Å². The van der Waals surface area contributed by atoms with E-state index >= 15 is 0 Å². The average Bonchev–Trinajstić information content (AvgIpc) is 2.35. The molecule has 1 aliphatic heterocycles. The van der Waals surface area contributed by atoms with Gasteiger partial charge in [-0.3, -0.25) is 0 Å². The molecule has 0 aromatic heterocycles. The summed E-state index contributed by atoms with van der Waals surface area (Å²) in [6.07, 6.45) is 0.657. The lowest BCUT2D eigenvalue weighted by atomic mass is 9.81. The second-order valence-corrected chi connectivity index (χ2v) is 8.99. The van der Waals surface area contributed by atoms with E-state index in [1.807, 2.05) is 13.8 Å². The monoisotopic (exact) mass is 380 g/mol. The van der Waals surface area contributed by atoms with Crippen LogP contribution in [0.3, 0.4) is 0 Å². The number of piperidine rings is 1. The van der Waals surface area contributed by atoms with E-state index < -0.39 is 10.0 Å². The van der Waals surface area contributed by atoms with Crippen LogP contribution in [0.1, 0.15) is 20.3 Å². The molecule has 2 rings (SSSR count). The zero-order valence-electron chi connectivity index (χ0n) is 11.4. The maximum absolute atomic E-state index is 12.8. The van der Waals surface area contributed by atoms with Gasteiger partial charge < -0.3 is 5.73 Å². The number of benzene rings is 1. The molecule has 1 unspecified atom stereocenters. The molecule has 0 aliphatic carbocycles. The number of nitrogens with two attached hydrogens (primary N) is 1. The Morgan fingerprint density at radius 1 is 1.45 bits per heavy atom. The number of nitrogens with zero attached hydrogens (tertiary/aromatic N) is 1. The molecule has 1 aliphatic rings. The van der Waals surface area contributed by atoms with E-state index in [-0.39, 0.29) is 16.4 Å². The molecule has 1 saturated heterocycles. The molecule has 4 nitrogen and oxygen atoms in total. The summed E-state index contributed by atoms with van der Waals surface area (Å²) in [5.41, 5.74) is 5.82. The highest BCUT2D eigenvalue weighted by molar-refractivity contribution is 9.10. The van der Waals surface area contributed by atoms with Gasteiger partial charge in [0.2, 0.25) is 10.0 Å². The number of hydrogen-bond acceptors (Lipinski definition) is 3. The van der Waals surface area contributed by atoms with Crippen molar-refractivity contribution in [2.45, 2.75) is 31.2 Å². The number of rotatable bonds is 2. The predicted octanol–water partition coefficient (Wildman–Crippen LogP) is 2.85. The summed E-state index contributed by atoms with van der Waals surface area (Å²) in [4.78, 5) is 0.205. The summed E-state index contributed by atoms with van der Waals surface area (Å²) < 4.78 is 27.5. The second-order valence-electron chi connectivity index (χ2n) is 5.80. The van der Waals surface area contributed by atoms with Gasteiger partial charge in [0, 0.05) is 28.6 Å². The predicted molar refractivity (Wildman–Crippen MR) is 84.3 cm³/mol. The minimum atomic E-state index is -3.56. The third-order valence-corrected chi connectivity index (χ3v) is 6.86. The summed E-state index contributed by atoms with van der Waals surface area (Å²) in [5, 5.41) is 0.403. The van der Waals surface area contributed by atoms with Crippen LogP contribution < -0.4 is 5.73 Å². The van der Waals surface area contributed by atoms with Crippen LogP contribution >= 0.6 is 27.5 Å². The molecule has 2 N–H and O–H groups in total. The van der Waals surface area contributed by atoms with Crippen molar-refractivity contribution in [1.82, 2.24) is 4.31 Å². The molecule has 1 aromatic rings. The number of halogens is 2. The fraction of sp³-hybridized carbons (Fsp3) is 0.538. The lowest BCUT2D eigenvalue weighted by Crippen LogP contribution is -2.53. The Morgan fingerprint density at radius 2 is 2.10 bits per heavy atom. The van der Waals surface area contributed by atoms with Gasteiger partial charge in [-0.15, -0.1) is 0 Å². The van der Waals surface area contributed by atoms with Crippen LogP contribution in [-0.2, 0) is 10.0 Å². The topological polar surface area (TPSA) is 63.4 Å². The van der Waals surface area contributed by atoms with Crippen molar-refractivity contribution < 1.29 is 8.42 Å². The van der Waals surface area contributed by atoms with Crippen molar-refractivity contribution in [2.24, 2.45) is 11.1 Å². The molecule has 1 heterocycles. The van der Waals surface area contributed by atoms with Gasteiger partial charge in [0.25, 0.3) is 0 Å². The molecule has 0 bridgehead atoms. The van der Waals surface area contributed by atoms with Crippen molar-refractivity contribution in [3.05, 3.63) is 27.7 Å². The molecule has 7 heteroatoms. The minimum absolute atomic E-state index is 0.0109. The van der Waals surface area contributed by atoms with Gasteiger partial charge in [-0.25, -0.2) is 8.42 Å². The molecule has 1 atom stereocenters. The average molecular weight is 382 g/mol. The first kappa shape index (κ1) is 16.2. The summed E-state index contributed by atoms with van der Waals surface area (Å²) in [6.45, 7) is 4.83. The standard InChI is InChI=1S/C13H18BrClN2O2S/c1-13(2)8-17(6-5-12(13)16)20(18,19)11-7-9(15)3-4-10(11)14/h3-4,7,12H,5-6,8,16H2,1-2H3. The van der Waals surface area contributed by atoms with Gasteiger partial charge in [0.05, 0.1) is 4.90 Å². The smallest absolute Gasteiger partial charge is 0.244 e. The maximum atomic E-state index is 12.8. The van der Waals surface area contributed by atoms with E-state index in [1.165, 1.54) is 10.4 Å². The van der Waals surface area contributed by atoms with Crippen molar-refractivity contribution in [1.29, 1.82) is 0 Å². The highest BCUT2D eigenvalue weighted by Crippen LogP contribution is 2.34. The Labute approximate surface area is 133 Å². The normalized spacial score (nSPS) is 23.8. The summed E-state index contributed by atoms with van der Waals surface area (Å²) in [5.74, 6) is 0. The first-order chi connectivity index (χ1) is 9.14. The number of sulfonamides is 1. The third kappa shape index (κ3) is 3.04. The fourth-order valence-electron chi connectivity index (χ4n) is 2.34. The number of hydrogen-bond donors (Lipinski definition) is 1. The van der Waals surface area contributed by atoms with Gasteiger partial charge in [0.1, 0.15) is 0 Å². The fourth-order valence-corrected chi connectivity index (χ4v) is 5.16.